The second kappa shape index (κ2) is 11.8. The molecule has 1 N–H and O–H groups in total. The van der Waals surface area contributed by atoms with Gasteiger partial charge in [-0.1, -0.05) is 11.6 Å². The summed E-state index contributed by atoms with van der Waals surface area (Å²) in [5, 5.41) is 0.734. The third-order valence-electron chi connectivity index (χ3n) is 5.85. The number of aromatic amines is 1. The van der Waals surface area contributed by atoms with Crippen LogP contribution in [0.25, 0.3) is 11.0 Å². The van der Waals surface area contributed by atoms with Crippen LogP contribution in [0.5, 0.6) is 0 Å². The molecule has 2 saturated carbocycles. The molecule has 2 aromatic carbocycles. The predicted molar refractivity (Wildman–Crippen MR) is 133 cm³/mol. The molecule has 0 atom stereocenters. The summed E-state index contributed by atoms with van der Waals surface area (Å²) in [5.74, 6) is 1.56. The summed E-state index contributed by atoms with van der Waals surface area (Å²) in [6.45, 7) is 3.17. The van der Waals surface area contributed by atoms with E-state index in [0.29, 0.717) is 5.69 Å². The van der Waals surface area contributed by atoms with Crippen molar-refractivity contribution in [3.63, 3.8) is 0 Å². The van der Waals surface area contributed by atoms with Crippen LogP contribution in [0.2, 0.25) is 5.02 Å². The fourth-order valence-corrected chi connectivity index (χ4v) is 4.23. The van der Waals surface area contributed by atoms with E-state index >= 15 is 0 Å². The van der Waals surface area contributed by atoms with Crippen molar-refractivity contribution >= 4 is 34.0 Å². The van der Waals surface area contributed by atoms with E-state index in [1.165, 1.54) is 0 Å². The number of H-pyrrole nitrogens is 1. The van der Waals surface area contributed by atoms with Gasteiger partial charge in [0.15, 0.2) is 0 Å². The van der Waals surface area contributed by atoms with Gasteiger partial charge in [0.05, 0.1) is 16.7 Å². The van der Waals surface area contributed by atoms with Gasteiger partial charge in [-0.15, -0.1) is 0 Å². The number of benzene rings is 2. The standard InChI is InChI=1S/C22H19ClFN4.C5H5.Fe/c23-16-5-7-17(8-6-16)27-9-11-28(12-10-27)21-14-20-19(13-18(21)24)25-22(26-20)15-3-1-2-4-15;1-2-4-5-3-1;/h1-8,13-14H,9-12H2,(H,25,26);1-5H;/q;;+2. The van der Waals surface area contributed by atoms with Gasteiger partial charge in [-0.25, -0.2) is 9.37 Å². The van der Waals surface area contributed by atoms with Gasteiger partial charge in [0.2, 0.25) is 0 Å². The average Bonchev–Trinajstić information content (AvgIpc) is 3.62. The Morgan fingerprint density at radius 3 is 2.00 bits per heavy atom. The Morgan fingerprint density at radius 2 is 1.38 bits per heavy atom. The van der Waals surface area contributed by atoms with Crippen LogP contribution >= 0.6 is 11.6 Å². The Bertz CT molecular complexity index is 1040. The van der Waals surface area contributed by atoms with E-state index in [1.807, 2.05) is 88.1 Å². The van der Waals surface area contributed by atoms with E-state index in [0.717, 1.165) is 59.7 Å². The monoisotopic (exact) mass is 514 g/mol. The first kappa shape index (κ1) is 25.3. The van der Waals surface area contributed by atoms with Crippen LogP contribution in [0.15, 0.2) is 36.4 Å². The summed E-state index contributed by atoms with van der Waals surface area (Å²) in [5.41, 5.74) is 3.26. The van der Waals surface area contributed by atoms with Crippen molar-refractivity contribution < 1.29 is 21.5 Å². The molecule has 3 fully saturated rings. The molecular formula is C27H24ClFFeN4+2. The minimum Gasteiger partial charge on any atom is -0.368 e. The Kier molecular flexibility index (Phi) is 8.79. The molecule has 3 aromatic rings. The zero-order chi connectivity index (χ0) is 22.6. The van der Waals surface area contributed by atoms with Gasteiger partial charge in [-0.3, -0.25) is 0 Å². The molecule has 0 amide bonds. The number of halogens is 2. The summed E-state index contributed by atoms with van der Waals surface area (Å²) < 4.78 is 14.8. The molecule has 0 spiro atoms. The molecule has 2 aliphatic carbocycles. The average molecular weight is 515 g/mol. The SMILES string of the molecule is Fc1cc2[nH]c([C]3[CH][CH][CH][CH]3)nc2cc1N1CCN(c2ccc(Cl)cc2)CC1.[CH]1[CH][CH][CH][CH]1.[Fe+2]. The normalized spacial score (nSPS) is 18.6. The van der Waals surface area contributed by atoms with Gasteiger partial charge < -0.3 is 14.8 Å². The van der Waals surface area contributed by atoms with Gasteiger partial charge in [-0.05, 0) is 88.1 Å². The van der Waals surface area contributed by atoms with Crippen LogP contribution < -0.4 is 9.80 Å². The van der Waals surface area contributed by atoms with Crippen molar-refractivity contribution in [3.8, 4) is 0 Å². The molecule has 0 unspecified atom stereocenters. The molecule has 7 heteroatoms. The maximum atomic E-state index is 14.8. The molecular weight excluding hydrogens is 491 g/mol. The van der Waals surface area contributed by atoms with Crippen molar-refractivity contribution in [2.24, 2.45) is 0 Å². The summed E-state index contributed by atoms with van der Waals surface area (Å²) in [6, 6.07) is 11.3. The first-order valence-corrected chi connectivity index (χ1v) is 11.4. The molecule has 1 saturated heterocycles. The molecule has 34 heavy (non-hydrogen) atoms. The summed E-state index contributed by atoms with van der Waals surface area (Å²) in [4.78, 5) is 12.3. The van der Waals surface area contributed by atoms with Gasteiger partial charge in [-0.2, -0.15) is 0 Å². The van der Waals surface area contributed by atoms with Gasteiger partial charge in [0.1, 0.15) is 11.6 Å². The van der Waals surface area contributed by atoms with E-state index in [1.54, 1.807) is 6.07 Å². The summed E-state index contributed by atoms with van der Waals surface area (Å²) >= 11 is 5.98. The molecule has 1 aliphatic heterocycles. The molecule has 1 aromatic heterocycles. The maximum Gasteiger partial charge on any atom is 2.00 e. The van der Waals surface area contributed by atoms with Crippen LogP contribution in [0.4, 0.5) is 15.8 Å². The van der Waals surface area contributed by atoms with Crippen LogP contribution in [0.1, 0.15) is 5.82 Å². The third kappa shape index (κ3) is 5.90. The van der Waals surface area contributed by atoms with Gasteiger partial charge in [0, 0.05) is 48.9 Å². The third-order valence-corrected chi connectivity index (χ3v) is 6.11. The number of anilines is 2. The molecule has 172 valence electrons. The zero-order valence-corrected chi connectivity index (χ0v) is 20.3. The van der Waals surface area contributed by atoms with Crippen molar-refractivity contribution in [3.05, 3.63) is 117 Å². The Balaban J connectivity index is 0.000000407. The second-order valence-electron chi connectivity index (χ2n) is 7.99. The Morgan fingerprint density at radius 1 is 0.794 bits per heavy atom. The van der Waals surface area contributed by atoms with Crippen LogP contribution in [-0.4, -0.2) is 36.1 Å². The van der Waals surface area contributed by atoms with Crippen LogP contribution in [0.3, 0.4) is 0 Å². The zero-order valence-electron chi connectivity index (χ0n) is 18.4. The van der Waals surface area contributed by atoms with Gasteiger partial charge >= 0.3 is 17.1 Å². The molecule has 0 bridgehead atoms. The van der Waals surface area contributed by atoms with E-state index in [2.05, 4.69) is 19.8 Å². The molecule has 10 radical (unpaired) electrons. The molecule has 3 aliphatic rings. The van der Waals surface area contributed by atoms with E-state index in [4.69, 9.17) is 11.6 Å². The number of nitrogens with one attached hydrogen (secondary N) is 1. The number of hydrogen-bond acceptors (Lipinski definition) is 3. The second-order valence-corrected chi connectivity index (χ2v) is 8.43. The van der Waals surface area contributed by atoms with E-state index in [-0.39, 0.29) is 22.9 Å². The Labute approximate surface area is 217 Å². The molecule has 6 rings (SSSR count). The number of aromatic nitrogens is 2. The summed E-state index contributed by atoms with van der Waals surface area (Å²) in [7, 11) is 0. The maximum absolute atomic E-state index is 14.8. The molecule has 2 heterocycles. The smallest absolute Gasteiger partial charge is 0.368 e. The minimum atomic E-state index is -0.217. The van der Waals surface area contributed by atoms with Crippen LogP contribution in [0, 0.1) is 69.5 Å². The van der Waals surface area contributed by atoms with E-state index in [9.17, 15) is 4.39 Å². The van der Waals surface area contributed by atoms with Crippen molar-refractivity contribution in [2.45, 2.75) is 0 Å². The number of piperazine rings is 1. The largest absolute Gasteiger partial charge is 2.00 e. The van der Waals surface area contributed by atoms with E-state index < -0.39 is 0 Å². The van der Waals surface area contributed by atoms with Crippen molar-refractivity contribution in [2.75, 3.05) is 36.0 Å². The first-order valence-electron chi connectivity index (χ1n) is 11.0. The fourth-order valence-electron chi connectivity index (χ4n) is 4.11. The topological polar surface area (TPSA) is 35.2 Å². The molecule has 4 nitrogen and oxygen atoms in total. The van der Waals surface area contributed by atoms with Gasteiger partial charge in [0.25, 0.3) is 0 Å². The van der Waals surface area contributed by atoms with Crippen molar-refractivity contribution in [1.82, 2.24) is 9.97 Å². The fraction of sp³-hybridized carbons (Fsp3) is 0.148. The predicted octanol–water partition coefficient (Wildman–Crippen LogP) is 5.45. The Hall–Kier alpha value is -1.75. The minimum absolute atomic E-state index is 0. The number of rotatable bonds is 3. The quantitative estimate of drug-likeness (QED) is 0.472. The summed E-state index contributed by atoms with van der Waals surface area (Å²) in [6.07, 6.45) is 17.9. The number of imidazole rings is 1. The number of nitrogens with zero attached hydrogens (tertiary/aromatic N) is 3. The number of fused-ring (bicyclic) bond motifs is 1. The first-order chi connectivity index (χ1) is 16.2. The van der Waals surface area contributed by atoms with Crippen LogP contribution in [-0.2, 0) is 17.1 Å². The van der Waals surface area contributed by atoms with Crippen molar-refractivity contribution in [1.29, 1.82) is 0 Å². The number of hydrogen-bond donors (Lipinski definition) is 1.